The molecule has 0 fully saturated rings. The van der Waals surface area contributed by atoms with Gasteiger partial charge in [-0.1, -0.05) is 48.5 Å². The maximum atomic E-state index is 13.1. The van der Waals surface area contributed by atoms with Gasteiger partial charge in [0.15, 0.2) is 0 Å². The third kappa shape index (κ3) is 4.31. The van der Waals surface area contributed by atoms with Crippen LogP contribution in [0.25, 0.3) is 10.9 Å². The molecule has 0 spiro atoms. The van der Waals surface area contributed by atoms with Gasteiger partial charge in [-0.25, -0.2) is 0 Å². The molecule has 0 aliphatic carbocycles. The first-order valence-corrected chi connectivity index (χ1v) is 12.2. The van der Waals surface area contributed by atoms with Crippen molar-refractivity contribution in [3.63, 3.8) is 0 Å². The van der Waals surface area contributed by atoms with Gasteiger partial charge in [-0.05, 0) is 40.6 Å². The SMILES string of the molecule is CC(=O)N1CCc2ccccc2C1CC(=O)NCC(c1cccs1)c1c[nH]c2ccccc12. The van der Waals surface area contributed by atoms with E-state index in [1.54, 1.807) is 18.3 Å². The molecule has 168 valence electrons. The Morgan fingerprint density at radius 2 is 1.94 bits per heavy atom. The number of carbonyl (C=O) groups is 2. The molecule has 2 unspecified atom stereocenters. The van der Waals surface area contributed by atoms with Crippen LogP contribution >= 0.6 is 11.3 Å². The van der Waals surface area contributed by atoms with Gasteiger partial charge in [-0.15, -0.1) is 11.3 Å². The molecule has 2 aromatic carbocycles. The monoisotopic (exact) mass is 457 g/mol. The van der Waals surface area contributed by atoms with Crippen LogP contribution in [0.5, 0.6) is 0 Å². The number of hydrogen-bond acceptors (Lipinski definition) is 3. The molecule has 2 N–H and O–H groups in total. The van der Waals surface area contributed by atoms with Crippen LogP contribution in [0.15, 0.2) is 72.2 Å². The molecule has 1 aliphatic rings. The number of nitrogens with zero attached hydrogens (tertiary/aromatic N) is 1. The van der Waals surface area contributed by atoms with Crippen LogP contribution in [0, 0.1) is 0 Å². The highest BCUT2D eigenvalue weighted by Crippen LogP contribution is 2.34. The van der Waals surface area contributed by atoms with Crippen LogP contribution in [-0.2, 0) is 16.0 Å². The average molecular weight is 458 g/mol. The Labute approximate surface area is 197 Å². The van der Waals surface area contributed by atoms with Crippen LogP contribution in [0.1, 0.15) is 46.9 Å². The normalized spacial score (nSPS) is 16.4. The number of rotatable bonds is 6. The smallest absolute Gasteiger partial charge is 0.222 e. The molecular weight excluding hydrogens is 430 g/mol. The molecular formula is C27H27N3O2S. The first-order valence-electron chi connectivity index (χ1n) is 11.3. The maximum Gasteiger partial charge on any atom is 0.222 e. The van der Waals surface area contributed by atoms with Crippen LogP contribution in [-0.4, -0.2) is 34.8 Å². The summed E-state index contributed by atoms with van der Waals surface area (Å²) in [5, 5.41) is 6.42. The molecule has 0 radical (unpaired) electrons. The van der Waals surface area contributed by atoms with E-state index in [0.29, 0.717) is 13.1 Å². The number of carbonyl (C=O) groups excluding carboxylic acids is 2. The number of H-pyrrole nitrogens is 1. The second-order valence-corrected chi connectivity index (χ2v) is 9.52. The number of benzene rings is 2. The molecule has 1 aliphatic heterocycles. The number of aromatic amines is 1. The standard InChI is InChI=1S/C27H27N3O2S/c1-18(31)30-13-12-19-7-2-3-8-20(19)25(30)15-27(32)29-17-23(26-11-6-14-33-26)22-16-28-24-10-5-4-9-21(22)24/h2-11,14,16,23,25,28H,12-13,15,17H2,1H3,(H,29,32). The van der Waals surface area contributed by atoms with Crippen LogP contribution < -0.4 is 5.32 Å². The summed E-state index contributed by atoms with van der Waals surface area (Å²) >= 11 is 1.70. The van der Waals surface area contributed by atoms with E-state index in [2.05, 4.69) is 46.1 Å². The molecule has 2 atom stereocenters. The third-order valence-electron chi connectivity index (χ3n) is 6.58. The van der Waals surface area contributed by atoms with Crippen molar-refractivity contribution in [2.24, 2.45) is 0 Å². The lowest BCUT2D eigenvalue weighted by Gasteiger charge is -2.36. The van der Waals surface area contributed by atoms with Gasteiger partial charge in [0.05, 0.1) is 12.5 Å². The zero-order valence-corrected chi connectivity index (χ0v) is 19.4. The van der Waals surface area contributed by atoms with E-state index >= 15 is 0 Å². The molecule has 2 amide bonds. The number of aromatic nitrogens is 1. The maximum absolute atomic E-state index is 13.1. The predicted molar refractivity (Wildman–Crippen MR) is 132 cm³/mol. The Hall–Kier alpha value is -3.38. The van der Waals surface area contributed by atoms with Crippen molar-refractivity contribution in [1.82, 2.24) is 15.2 Å². The summed E-state index contributed by atoms with van der Waals surface area (Å²) in [6.07, 6.45) is 3.15. The van der Waals surface area contributed by atoms with Gasteiger partial charge in [-0.3, -0.25) is 9.59 Å². The van der Waals surface area contributed by atoms with Crippen molar-refractivity contribution in [2.75, 3.05) is 13.1 Å². The number of hydrogen-bond donors (Lipinski definition) is 2. The van der Waals surface area contributed by atoms with Gasteiger partial charge >= 0.3 is 0 Å². The van der Waals surface area contributed by atoms with Crippen molar-refractivity contribution in [3.05, 3.63) is 93.8 Å². The van der Waals surface area contributed by atoms with Gasteiger partial charge in [0.2, 0.25) is 11.8 Å². The summed E-state index contributed by atoms with van der Waals surface area (Å²) in [6, 6.07) is 20.3. The zero-order valence-electron chi connectivity index (χ0n) is 18.6. The van der Waals surface area contributed by atoms with Gasteiger partial charge < -0.3 is 15.2 Å². The van der Waals surface area contributed by atoms with E-state index < -0.39 is 0 Å². The van der Waals surface area contributed by atoms with Crippen LogP contribution in [0.3, 0.4) is 0 Å². The second kappa shape index (κ2) is 9.24. The summed E-state index contributed by atoms with van der Waals surface area (Å²) in [7, 11) is 0. The Kier molecular flexibility index (Phi) is 6.01. The van der Waals surface area contributed by atoms with E-state index in [0.717, 1.165) is 17.5 Å². The highest BCUT2D eigenvalue weighted by molar-refractivity contribution is 7.10. The Bertz CT molecular complexity index is 1280. The van der Waals surface area contributed by atoms with Gasteiger partial charge in [0.1, 0.15) is 0 Å². The minimum atomic E-state index is -0.222. The fraction of sp³-hybridized carbons (Fsp3) is 0.259. The second-order valence-electron chi connectivity index (χ2n) is 8.54. The molecule has 6 heteroatoms. The molecule has 0 bridgehead atoms. The molecule has 0 saturated heterocycles. The van der Waals surface area contributed by atoms with Crippen molar-refractivity contribution in [3.8, 4) is 0 Å². The Balaban J connectivity index is 1.36. The molecule has 4 aromatic rings. The van der Waals surface area contributed by atoms with E-state index in [9.17, 15) is 9.59 Å². The van der Waals surface area contributed by atoms with Crippen molar-refractivity contribution >= 4 is 34.1 Å². The molecule has 5 rings (SSSR count). The molecule has 0 saturated carbocycles. The van der Waals surface area contributed by atoms with Crippen molar-refractivity contribution < 1.29 is 9.59 Å². The third-order valence-corrected chi connectivity index (χ3v) is 7.57. The largest absolute Gasteiger partial charge is 0.361 e. The van der Waals surface area contributed by atoms with E-state index in [-0.39, 0.29) is 30.2 Å². The highest BCUT2D eigenvalue weighted by Gasteiger charge is 2.31. The number of thiophene rings is 1. The summed E-state index contributed by atoms with van der Waals surface area (Å²) in [4.78, 5) is 31.8. The lowest BCUT2D eigenvalue weighted by atomic mass is 9.90. The van der Waals surface area contributed by atoms with E-state index in [1.165, 1.54) is 21.4 Å². The van der Waals surface area contributed by atoms with Crippen LogP contribution in [0.2, 0.25) is 0 Å². The predicted octanol–water partition coefficient (Wildman–Crippen LogP) is 5.01. The van der Waals surface area contributed by atoms with Gasteiger partial charge in [-0.2, -0.15) is 0 Å². The molecule has 5 nitrogen and oxygen atoms in total. The van der Waals surface area contributed by atoms with E-state index in [4.69, 9.17) is 0 Å². The fourth-order valence-corrected chi connectivity index (χ4v) is 5.79. The fourth-order valence-electron chi connectivity index (χ4n) is 4.95. The van der Waals surface area contributed by atoms with Crippen molar-refractivity contribution in [1.29, 1.82) is 0 Å². The number of nitrogens with one attached hydrogen (secondary N) is 2. The van der Waals surface area contributed by atoms with E-state index in [1.807, 2.05) is 41.3 Å². The summed E-state index contributed by atoms with van der Waals surface area (Å²) in [5.74, 6) is 0.0366. The number of para-hydroxylation sites is 1. The lowest BCUT2D eigenvalue weighted by Crippen LogP contribution is -2.41. The van der Waals surface area contributed by atoms with Crippen LogP contribution in [0.4, 0.5) is 0 Å². The first kappa shape index (κ1) is 21.5. The highest BCUT2D eigenvalue weighted by atomic mass is 32.1. The van der Waals surface area contributed by atoms with Crippen molar-refractivity contribution in [2.45, 2.75) is 31.7 Å². The molecule has 2 aromatic heterocycles. The molecule has 3 heterocycles. The summed E-state index contributed by atoms with van der Waals surface area (Å²) in [5.41, 5.74) is 4.58. The minimum Gasteiger partial charge on any atom is -0.361 e. The minimum absolute atomic E-state index is 0.0116. The lowest BCUT2D eigenvalue weighted by molar-refractivity contribution is -0.133. The zero-order chi connectivity index (χ0) is 22.8. The first-order chi connectivity index (χ1) is 16.1. The average Bonchev–Trinajstić information content (AvgIpc) is 3.50. The summed E-state index contributed by atoms with van der Waals surface area (Å²) in [6.45, 7) is 2.75. The molecule has 33 heavy (non-hydrogen) atoms. The van der Waals surface area contributed by atoms with Gasteiger partial charge in [0.25, 0.3) is 0 Å². The number of fused-ring (bicyclic) bond motifs is 2. The Morgan fingerprint density at radius 1 is 1.12 bits per heavy atom. The summed E-state index contributed by atoms with van der Waals surface area (Å²) < 4.78 is 0. The topological polar surface area (TPSA) is 65.2 Å². The number of amides is 2. The Morgan fingerprint density at radius 3 is 2.76 bits per heavy atom. The quantitative estimate of drug-likeness (QED) is 0.427. The van der Waals surface area contributed by atoms with Gasteiger partial charge in [0, 0.05) is 47.9 Å².